The molecule has 0 spiro atoms. The van der Waals surface area contributed by atoms with Crippen LogP contribution in [0.3, 0.4) is 0 Å². The smallest absolute Gasteiger partial charge is 0.317 e. The maximum absolute atomic E-state index is 12.2. The number of aromatic nitrogens is 1. The van der Waals surface area contributed by atoms with Gasteiger partial charge in [0.25, 0.3) is 0 Å². The molecule has 0 unspecified atom stereocenters. The second-order valence-electron chi connectivity index (χ2n) is 5.89. The third-order valence-corrected chi connectivity index (χ3v) is 4.37. The Hall–Kier alpha value is -2.80. The number of halogens is 1. The first kappa shape index (κ1) is 18.0. The van der Waals surface area contributed by atoms with Gasteiger partial charge in [-0.3, -0.25) is 9.78 Å². The van der Waals surface area contributed by atoms with Gasteiger partial charge in [-0.25, -0.2) is 4.79 Å². The van der Waals surface area contributed by atoms with Gasteiger partial charge in [0.05, 0.1) is 6.54 Å². The molecule has 1 aliphatic rings. The Morgan fingerprint density at radius 3 is 2.31 bits per heavy atom. The predicted molar refractivity (Wildman–Crippen MR) is 102 cm³/mol. The fraction of sp³-hybridized carbons (Fsp3) is 0.278. The summed E-state index contributed by atoms with van der Waals surface area (Å²) in [6.07, 6.45) is 3.18. The number of rotatable bonds is 4. The number of carbonyl (C=O) groups is 2. The van der Waals surface area contributed by atoms with Crippen molar-refractivity contribution in [1.82, 2.24) is 15.2 Å². The summed E-state index contributed by atoms with van der Waals surface area (Å²) in [6.45, 7) is 2.59. The molecule has 1 saturated heterocycles. The van der Waals surface area contributed by atoms with Crippen molar-refractivity contribution >= 4 is 34.9 Å². The largest absolute Gasteiger partial charge is 0.368 e. The topological polar surface area (TPSA) is 77.6 Å². The number of benzene rings is 1. The lowest BCUT2D eigenvalue weighted by molar-refractivity contribution is -0.115. The van der Waals surface area contributed by atoms with Crippen LogP contribution in [0.25, 0.3) is 0 Å². The van der Waals surface area contributed by atoms with Crippen molar-refractivity contribution in [3.8, 4) is 0 Å². The fourth-order valence-corrected chi connectivity index (χ4v) is 2.85. The number of carbonyl (C=O) groups excluding carboxylic acids is 2. The van der Waals surface area contributed by atoms with Crippen LogP contribution in [-0.4, -0.2) is 54.5 Å². The second-order valence-corrected chi connectivity index (χ2v) is 6.33. The molecular formula is C18H20ClN5O2. The number of nitrogens with one attached hydrogen (secondary N) is 2. The highest BCUT2D eigenvalue weighted by Crippen LogP contribution is 2.19. The Balaban J connectivity index is 1.42. The van der Waals surface area contributed by atoms with Gasteiger partial charge in [0.2, 0.25) is 5.91 Å². The summed E-state index contributed by atoms with van der Waals surface area (Å²) < 4.78 is 0. The molecule has 136 valence electrons. The lowest BCUT2D eigenvalue weighted by Crippen LogP contribution is -2.52. The fourth-order valence-electron chi connectivity index (χ4n) is 2.73. The quantitative estimate of drug-likeness (QED) is 0.861. The van der Waals surface area contributed by atoms with Crippen LogP contribution in [0, 0.1) is 0 Å². The lowest BCUT2D eigenvalue weighted by Gasteiger charge is -2.36. The monoisotopic (exact) mass is 373 g/mol. The van der Waals surface area contributed by atoms with E-state index in [2.05, 4.69) is 20.5 Å². The summed E-state index contributed by atoms with van der Waals surface area (Å²) in [5.74, 6) is -0.274. The van der Waals surface area contributed by atoms with E-state index < -0.39 is 0 Å². The second kappa shape index (κ2) is 8.53. The van der Waals surface area contributed by atoms with E-state index in [4.69, 9.17) is 11.6 Å². The van der Waals surface area contributed by atoms with Crippen LogP contribution in [0.15, 0.2) is 48.8 Å². The first-order valence-corrected chi connectivity index (χ1v) is 8.73. The van der Waals surface area contributed by atoms with E-state index in [0.717, 1.165) is 18.8 Å². The molecule has 0 saturated carbocycles. The summed E-state index contributed by atoms with van der Waals surface area (Å²) in [7, 11) is 0. The Morgan fingerprint density at radius 1 is 1.00 bits per heavy atom. The zero-order valence-electron chi connectivity index (χ0n) is 14.2. The molecule has 1 aliphatic heterocycles. The van der Waals surface area contributed by atoms with E-state index in [-0.39, 0.29) is 18.5 Å². The highest BCUT2D eigenvalue weighted by molar-refractivity contribution is 6.30. The van der Waals surface area contributed by atoms with Gasteiger partial charge in [-0.15, -0.1) is 0 Å². The molecule has 2 aromatic rings. The normalized spacial score (nSPS) is 14.0. The Kier molecular flexibility index (Phi) is 5.91. The average Bonchev–Trinajstić information content (AvgIpc) is 2.68. The van der Waals surface area contributed by atoms with Crippen molar-refractivity contribution in [2.45, 2.75) is 0 Å². The van der Waals surface area contributed by atoms with Gasteiger partial charge in [0.1, 0.15) is 0 Å². The molecule has 1 aromatic heterocycles. The van der Waals surface area contributed by atoms with E-state index >= 15 is 0 Å². The van der Waals surface area contributed by atoms with Crippen LogP contribution in [0.5, 0.6) is 0 Å². The van der Waals surface area contributed by atoms with Crippen molar-refractivity contribution in [2.24, 2.45) is 0 Å². The summed E-state index contributed by atoms with van der Waals surface area (Å²) in [5, 5.41) is 6.07. The van der Waals surface area contributed by atoms with Gasteiger partial charge in [-0.05, 0) is 36.4 Å². The van der Waals surface area contributed by atoms with Crippen LogP contribution in [0.2, 0.25) is 5.02 Å². The number of urea groups is 1. The van der Waals surface area contributed by atoms with Crippen LogP contribution < -0.4 is 15.5 Å². The standard InChI is InChI=1S/C18H20ClN5O2/c19-14-1-3-16(4-2-14)23-9-11-24(12-10-23)18(26)21-13-17(25)22-15-5-7-20-8-6-15/h1-8H,9-13H2,(H,21,26)(H,20,22,25). The maximum Gasteiger partial charge on any atom is 0.317 e. The minimum absolute atomic E-state index is 0.0709. The van der Waals surface area contributed by atoms with Crippen molar-refractivity contribution in [2.75, 3.05) is 42.9 Å². The molecular weight excluding hydrogens is 354 g/mol. The first-order valence-electron chi connectivity index (χ1n) is 8.35. The Morgan fingerprint density at radius 2 is 1.65 bits per heavy atom. The molecule has 26 heavy (non-hydrogen) atoms. The van der Waals surface area contributed by atoms with Gasteiger partial charge >= 0.3 is 6.03 Å². The van der Waals surface area contributed by atoms with Crippen molar-refractivity contribution in [1.29, 1.82) is 0 Å². The van der Waals surface area contributed by atoms with Crippen LogP contribution in [0.4, 0.5) is 16.2 Å². The third kappa shape index (κ3) is 4.86. The van der Waals surface area contributed by atoms with Crippen molar-refractivity contribution < 1.29 is 9.59 Å². The highest BCUT2D eigenvalue weighted by Gasteiger charge is 2.21. The molecule has 3 amide bonds. The van der Waals surface area contributed by atoms with Gasteiger partial charge < -0.3 is 20.4 Å². The van der Waals surface area contributed by atoms with Crippen LogP contribution >= 0.6 is 11.6 Å². The average molecular weight is 374 g/mol. The first-order chi connectivity index (χ1) is 12.6. The summed E-state index contributed by atoms with van der Waals surface area (Å²) in [4.78, 5) is 31.9. The molecule has 7 nitrogen and oxygen atoms in total. The van der Waals surface area contributed by atoms with Gasteiger partial charge in [-0.2, -0.15) is 0 Å². The zero-order chi connectivity index (χ0) is 18.4. The molecule has 0 atom stereocenters. The van der Waals surface area contributed by atoms with Crippen molar-refractivity contribution in [3.63, 3.8) is 0 Å². The molecule has 8 heteroatoms. The lowest BCUT2D eigenvalue weighted by atomic mass is 10.2. The van der Waals surface area contributed by atoms with Crippen LogP contribution in [-0.2, 0) is 4.79 Å². The van der Waals surface area contributed by atoms with E-state index in [0.29, 0.717) is 23.8 Å². The molecule has 2 heterocycles. The summed E-state index contributed by atoms with van der Waals surface area (Å²) in [6, 6.07) is 10.8. The number of hydrogen-bond acceptors (Lipinski definition) is 4. The van der Waals surface area contributed by atoms with Gasteiger partial charge in [-0.1, -0.05) is 11.6 Å². The molecule has 0 bridgehead atoms. The number of nitrogens with zero attached hydrogens (tertiary/aromatic N) is 3. The minimum atomic E-state index is -0.274. The van der Waals surface area contributed by atoms with E-state index in [1.807, 2.05) is 24.3 Å². The number of anilines is 2. The minimum Gasteiger partial charge on any atom is -0.368 e. The van der Waals surface area contributed by atoms with E-state index in [1.165, 1.54) is 0 Å². The number of pyridine rings is 1. The summed E-state index contributed by atoms with van der Waals surface area (Å²) in [5.41, 5.74) is 1.74. The molecule has 0 aliphatic carbocycles. The van der Waals surface area contributed by atoms with Crippen LogP contribution in [0.1, 0.15) is 0 Å². The summed E-state index contributed by atoms with van der Waals surface area (Å²) >= 11 is 5.91. The molecule has 0 radical (unpaired) electrons. The maximum atomic E-state index is 12.2. The SMILES string of the molecule is O=C(CNC(=O)N1CCN(c2ccc(Cl)cc2)CC1)Nc1ccncc1. The van der Waals surface area contributed by atoms with E-state index in [9.17, 15) is 9.59 Å². The Bertz CT molecular complexity index is 746. The predicted octanol–water partition coefficient (Wildman–Crippen LogP) is 2.21. The molecule has 1 aromatic carbocycles. The van der Waals surface area contributed by atoms with Crippen molar-refractivity contribution in [3.05, 3.63) is 53.8 Å². The number of amides is 3. The highest BCUT2D eigenvalue weighted by atomic mass is 35.5. The Labute approximate surface area is 157 Å². The molecule has 3 rings (SSSR count). The molecule has 1 fully saturated rings. The van der Waals surface area contributed by atoms with Gasteiger partial charge in [0, 0.05) is 55.0 Å². The zero-order valence-corrected chi connectivity index (χ0v) is 14.9. The molecule has 2 N–H and O–H groups in total. The third-order valence-electron chi connectivity index (χ3n) is 4.12. The van der Waals surface area contributed by atoms with E-state index in [1.54, 1.807) is 29.4 Å². The number of piperazine rings is 1. The van der Waals surface area contributed by atoms with Gasteiger partial charge in [0.15, 0.2) is 0 Å². The number of hydrogen-bond donors (Lipinski definition) is 2.